The SMILES string of the molecule is [C-]#[N+]c1cccc(-c2cc[c]([Sn]([CH2]CCC)([CH2]CCC)[CH2]CCC)s2)c1.[C-]#[N+]c1cccc(-c2cccs2)c1. The second kappa shape index (κ2) is 16.7. The van der Waals surface area contributed by atoms with Gasteiger partial charge in [-0.2, -0.15) is 0 Å². The van der Waals surface area contributed by atoms with Gasteiger partial charge >= 0.3 is 169 Å². The van der Waals surface area contributed by atoms with Crippen LogP contribution in [0.2, 0.25) is 13.3 Å². The maximum absolute atomic E-state index is 7.27. The number of rotatable bonds is 12. The average Bonchev–Trinajstić information content (AvgIpc) is 3.71. The van der Waals surface area contributed by atoms with Gasteiger partial charge in [0.15, 0.2) is 5.69 Å². The van der Waals surface area contributed by atoms with E-state index in [1.54, 1.807) is 14.2 Å². The largest absolute Gasteiger partial charge is 0.238 e. The van der Waals surface area contributed by atoms with Gasteiger partial charge in [0.25, 0.3) is 0 Å². The Kier molecular flexibility index (Phi) is 13.3. The van der Waals surface area contributed by atoms with E-state index in [0.29, 0.717) is 5.69 Å². The molecule has 0 radical (unpaired) electrons. The Morgan fingerprint density at radius 1 is 0.641 bits per heavy atom. The second-order valence-corrected chi connectivity index (χ2v) is 26.2. The first-order valence-corrected chi connectivity index (χ1v) is 23.4. The molecule has 0 atom stereocenters. The van der Waals surface area contributed by atoms with Gasteiger partial charge in [0, 0.05) is 4.88 Å². The van der Waals surface area contributed by atoms with Crippen LogP contribution in [0.4, 0.5) is 11.4 Å². The molecule has 0 fully saturated rings. The number of benzene rings is 2. The van der Waals surface area contributed by atoms with Gasteiger partial charge in [-0.1, -0.05) is 24.3 Å². The third kappa shape index (κ3) is 9.07. The van der Waals surface area contributed by atoms with E-state index in [4.69, 9.17) is 13.1 Å². The molecule has 5 heteroatoms. The van der Waals surface area contributed by atoms with Gasteiger partial charge < -0.3 is 0 Å². The predicted molar refractivity (Wildman–Crippen MR) is 177 cm³/mol. The summed E-state index contributed by atoms with van der Waals surface area (Å²) in [5.74, 6) is 0. The van der Waals surface area contributed by atoms with Crippen molar-refractivity contribution in [1.82, 2.24) is 0 Å². The van der Waals surface area contributed by atoms with Gasteiger partial charge in [-0.15, -0.1) is 11.3 Å². The molecule has 2 aromatic heterocycles. The Labute approximate surface area is 248 Å². The Bertz CT molecular complexity index is 1340. The van der Waals surface area contributed by atoms with Crippen LogP contribution in [0.5, 0.6) is 0 Å². The normalized spacial score (nSPS) is 10.8. The number of nitrogens with zero attached hydrogens (tertiary/aromatic N) is 2. The number of thiophene rings is 2. The van der Waals surface area contributed by atoms with Crippen molar-refractivity contribution in [3.05, 3.63) is 101 Å². The Balaban J connectivity index is 0.000000268. The van der Waals surface area contributed by atoms with Crippen molar-refractivity contribution in [2.45, 2.75) is 72.6 Å². The zero-order valence-electron chi connectivity index (χ0n) is 23.6. The molecule has 39 heavy (non-hydrogen) atoms. The average molecular weight is 660 g/mol. The predicted octanol–water partition coefficient (Wildman–Crippen LogP) is 12.0. The summed E-state index contributed by atoms with van der Waals surface area (Å²) in [5, 5.41) is 2.04. The molecule has 0 aliphatic heterocycles. The fourth-order valence-corrected chi connectivity index (χ4v) is 25.8. The van der Waals surface area contributed by atoms with E-state index in [1.165, 1.54) is 67.2 Å². The van der Waals surface area contributed by atoms with Crippen molar-refractivity contribution in [1.29, 1.82) is 0 Å². The van der Waals surface area contributed by atoms with E-state index < -0.39 is 18.4 Å². The van der Waals surface area contributed by atoms with E-state index >= 15 is 0 Å². The van der Waals surface area contributed by atoms with Gasteiger partial charge in [0.2, 0.25) is 0 Å². The van der Waals surface area contributed by atoms with Crippen LogP contribution in [0.15, 0.2) is 78.2 Å². The Morgan fingerprint density at radius 2 is 1.18 bits per heavy atom. The first kappa shape index (κ1) is 31.2. The van der Waals surface area contributed by atoms with Crippen LogP contribution in [-0.2, 0) is 0 Å². The van der Waals surface area contributed by atoms with Gasteiger partial charge in [-0.3, -0.25) is 0 Å². The molecule has 0 N–H and O–H groups in total. The maximum Gasteiger partial charge on any atom is 0.187 e. The molecule has 0 aliphatic rings. The van der Waals surface area contributed by atoms with Crippen LogP contribution in [0, 0.1) is 13.1 Å². The van der Waals surface area contributed by atoms with Crippen LogP contribution in [-0.4, -0.2) is 18.4 Å². The molecule has 0 amide bonds. The van der Waals surface area contributed by atoms with Crippen LogP contribution >= 0.6 is 22.7 Å². The second-order valence-electron chi connectivity index (χ2n) is 10.1. The summed E-state index contributed by atoms with van der Waals surface area (Å²) in [6.07, 6.45) is 8.18. The smallest absolute Gasteiger partial charge is 0.187 e. The van der Waals surface area contributed by atoms with Gasteiger partial charge in [-0.05, 0) is 23.1 Å². The monoisotopic (exact) mass is 660 g/mol. The Morgan fingerprint density at radius 3 is 1.64 bits per heavy atom. The fraction of sp³-hybridized carbons (Fsp3) is 0.353. The molecule has 0 spiro atoms. The molecule has 2 nitrogen and oxygen atoms in total. The van der Waals surface area contributed by atoms with Crippen molar-refractivity contribution in [2.24, 2.45) is 0 Å². The van der Waals surface area contributed by atoms with Gasteiger partial charge in [0.05, 0.1) is 6.57 Å². The minimum atomic E-state index is -2.31. The number of hydrogen-bond acceptors (Lipinski definition) is 2. The minimum Gasteiger partial charge on any atom is -0.238 e. The standard InChI is InChI=1S/C11H7NS.C11H6NS.3C4H9.Sn/c2*1-12-10-5-2-4-9(8-10)11-6-3-7-13-11;3*1-3-4-2;/h2-8H;2-6,8H;3*1,3-4H2,2H3;. The third-order valence-electron chi connectivity index (χ3n) is 7.20. The summed E-state index contributed by atoms with van der Waals surface area (Å²) >= 11 is 1.43. The van der Waals surface area contributed by atoms with Crippen molar-refractivity contribution in [3.63, 3.8) is 0 Å². The summed E-state index contributed by atoms with van der Waals surface area (Å²) in [5.41, 5.74) is 3.79. The molecule has 4 rings (SSSR count). The van der Waals surface area contributed by atoms with Gasteiger partial charge in [-0.25, -0.2) is 4.85 Å². The zero-order valence-corrected chi connectivity index (χ0v) is 28.1. The molecule has 0 saturated heterocycles. The molecule has 0 bridgehead atoms. The fourth-order valence-electron chi connectivity index (χ4n) is 4.97. The van der Waals surface area contributed by atoms with Crippen LogP contribution < -0.4 is 2.89 Å². The molecular weight excluding hydrogens is 619 g/mol. The maximum atomic E-state index is 7.27. The zero-order chi connectivity index (χ0) is 27.9. The van der Waals surface area contributed by atoms with Crippen LogP contribution in [0.25, 0.3) is 30.6 Å². The van der Waals surface area contributed by atoms with E-state index in [2.05, 4.69) is 66.1 Å². The van der Waals surface area contributed by atoms with E-state index in [9.17, 15) is 0 Å². The first-order chi connectivity index (χ1) is 19.1. The van der Waals surface area contributed by atoms with E-state index in [-0.39, 0.29) is 0 Å². The van der Waals surface area contributed by atoms with E-state index in [1.807, 2.05) is 53.9 Å². The number of hydrogen-bond donors (Lipinski definition) is 0. The molecule has 0 unspecified atom stereocenters. The van der Waals surface area contributed by atoms with Crippen molar-refractivity contribution in [3.8, 4) is 20.9 Å². The molecule has 2 heterocycles. The van der Waals surface area contributed by atoms with Gasteiger partial charge in [0.1, 0.15) is 0 Å². The van der Waals surface area contributed by atoms with Crippen LogP contribution in [0.3, 0.4) is 0 Å². The molecule has 0 aliphatic carbocycles. The summed E-state index contributed by atoms with van der Waals surface area (Å²) in [6, 6.07) is 24.7. The molecule has 0 saturated carbocycles. The number of unbranched alkanes of at least 4 members (excludes halogenated alkanes) is 3. The molecular formula is C34H40N2S2Sn. The minimum absolute atomic E-state index is 0.700. The van der Waals surface area contributed by atoms with Crippen molar-refractivity contribution >= 4 is 55.3 Å². The topological polar surface area (TPSA) is 8.72 Å². The molecule has 4 aromatic rings. The molecule has 2 aromatic carbocycles. The van der Waals surface area contributed by atoms with E-state index in [0.717, 1.165) is 11.3 Å². The van der Waals surface area contributed by atoms with Crippen LogP contribution in [0.1, 0.15) is 59.3 Å². The van der Waals surface area contributed by atoms with Crippen molar-refractivity contribution in [2.75, 3.05) is 0 Å². The summed E-state index contributed by atoms with van der Waals surface area (Å²) in [6.45, 7) is 21.2. The third-order valence-corrected chi connectivity index (χ3v) is 27.5. The van der Waals surface area contributed by atoms with Crippen molar-refractivity contribution < 1.29 is 0 Å². The summed E-state index contributed by atoms with van der Waals surface area (Å²) in [7, 11) is 0. The Hall–Kier alpha value is -2.38. The summed E-state index contributed by atoms with van der Waals surface area (Å²) in [4.78, 5) is 9.57. The quantitative estimate of drug-likeness (QED) is 0.106. The summed E-state index contributed by atoms with van der Waals surface area (Å²) < 4.78 is 6.34. The first-order valence-electron chi connectivity index (χ1n) is 14.2. The molecule has 202 valence electrons.